The number of fused-ring (bicyclic) bond motifs is 1. The molecule has 1 fully saturated rings. The summed E-state index contributed by atoms with van der Waals surface area (Å²) >= 11 is 0. The van der Waals surface area contributed by atoms with Crippen LogP contribution in [0.15, 0.2) is 30.6 Å². The minimum atomic E-state index is -0.00366. The van der Waals surface area contributed by atoms with Crippen LogP contribution in [0, 0.1) is 5.92 Å². The molecule has 20 heavy (non-hydrogen) atoms. The van der Waals surface area contributed by atoms with Crippen LogP contribution < -0.4 is 5.73 Å². The van der Waals surface area contributed by atoms with Crippen molar-refractivity contribution in [2.75, 3.05) is 13.1 Å². The van der Waals surface area contributed by atoms with Gasteiger partial charge in [0.1, 0.15) is 11.3 Å². The molecular formula is C15H20N4O. The van der Waals surface area contributed by atoms with Crippen LogP contribution in [0.2, 0.25) is 0 Å². The molecule has 0 aliphatic carbocycles. The fraction of sp³-hybridized carbons (Fsp3) is 0.467. The monoisotopic (exact) mass is 272 g/mol. The van der Waals surface area contributed by atoms with Gasteiger partial charge in [-0.25, -0.2) is 4.98 Å². The van der Waals surface area contributed by atoms with Crippen LogP contribution in [0.4, 0.5) is 0 Å². The largest absolute Gasteiger partial charge is 0.333 e. The lowest BCUT2D eigenvalue weighted by molar-refractivity contribution is 0.0568. The van der Waals surface area contributed by atoms with Gasteiger partial charge in [-0.3, -0.25) is 4.79 Å². The molecule has 2 unspecified atom stereocenters. The van der Waals surface area contributed by atoms with Gasteiger partial charge in [-0.15, -0.1) is 0 Å². The summed E-state index contributed by atoms with van der Waals surface area (Å²) in [5, 5.41) is 0. The zero-order valence-corrected chi connectivity index (χ0v) is 11.7. The Hall–Kier alpha value is -1.88. The Labute approximate surface area is 118 Å². The lowest BCUT2D eigenvalue weighted by Gasteiger charge is -2.37. The van der Waals surface area contributed by atoms with Crippen molar-refractivity contribution in [3.63, 3.8) is 0 Å². The third-order valence-electron chi connectivity index (χ3n) is 4.09. The number of piperidine rings is 1. The SMILES string of the molecule is CC1CCN(C(=O)c2cn3ccccc3n2)C(CN)C1. The normalized spacial score (nSPS) is 23.2. The number of rotatable bonds is 2. The van der Waals surface area contributed by atoms with Crippen molar-refractivity contribution in [1.82, 2.24) is 14.3 Å². The Morgan fingerprint density at radius 2 is 2.35 bits per heavy atom. The molecule has 2 N–H and O–H groups in total. The molecule has 2 aromatic rings. The van der Waals surface area contributed by atoms with Gasteiger partial charge in [0, 0.05) is 31.5 Å². The number of hydrogen-bond donors (Lipinski definition) is 1. The highest BCUT2D eigenvalue weighted by Crippen LogP contribution is 2.23. The molecule has 1 amide bonds. The Balaban J connectivity index is 1.87. The molecule has 2 atom stereocenters. The molecule has 3 rings (SSSR count). The lowest BCUT2D eigenvalue weighted by Crippen LogP contribution is -2.49. The Morgan fingerprint density at radius 1 is 1.50 bits per heavy atom. The van der Waals surface area contributed by atoms with Crippen LogP contribution in [0.25, 0.3) is 5.65 Å². The minimum Gasteiger partial charge on any atom is -0.333 e. The molecule has 0 bridgehead atoms. The molecule has 1 aliphatic heterocycles. The summed E-state index contributed by atoms with van der Waals surface area (Å²) in [6.45, 7) is 3.51. The Bertz CT molecular complexity index is 588. The summed E-state index contributed by atoms with van der Waals surface area (Å²) in [5.74, 6) is 0.629. The maximum atomic E-state index is 12.6. The number of hydrogen-bond acceptors (Lipinski definition) is 3. The Kier molecular flexibility index (Phi) is 3.44. The second-order valence-corrected chi connectivity index (χ2v) is 5.61. The summed E-state index contributed by atoms with van der Waals surface area (Å²) in [5.41, 5.74) is 7.13. The summed E-state index contributed by atoms with van der Waals surface area (Å²) in [6.07, 6.45) is 5.71. The number of pyridine rings is 1. The topological polar surface area (TPSA) is 63.6 Å². The third-order valence-corrected chi connectivity index (χ3v) is 4.09. The number of likely N-dealkylation sites (tertiary alicyclic amines) is 1. The van der Waals surface area contributed by atoms with Crippen LogP contribution in [0.5, 0.6) is 0 Å². The predicted octanol–water partition coefficient (Wildman–Crippen LogP) is 1.53. The molecule has 0 aromatic carbocycles. The van der Waals surface area contributed by atoms with Gasteiger partial charge < -0.3 is 15.0 Å². The van der Waals surface area contributed by atoms with E-state index in [1.54, 1.807) is 6.20 Å². The maximum absolute atomic E-state index is 12.6. The first-order valence-electron chi connectivity index (χ1n) is 7.14. The number of carbonyl (C=O) groups excluding carboxylic acids is 1. The van der Waals surface area contributed by atoms with Crippen LogP contribution in [-0.4, -0.2) is 39.3 Å². The van der Waals surface area contributed by atoms with E-state index in [-0.39, 0.29) is 11.9 Å². The lowest BCUT2D eigenvalue weighted by atomic mass is 9.92. The first kappa shape index (κ1) is 13.1. The van der Waals surface area contributed by atoms with Gasteiger partial charge in [-0.05, 0) is 30.9 Å². The van der Waals surface area contributed by atoms with Gasteiger partial charge >= 0.3 is 0 Å². The number of imidazole rings is 1. The zero-order valence-electron chi connectivity index (χ0n) is 11.7. The van der Waals surface area contributed by atoms with Crippen LogP contribution in [-0.2, 0) is 0 Å². The fourth-order valence-electron chi connectivity index (χ4n) is 2.93. The molecule has 0 radical (unpaired) electrons. The van der Waals surface area contributed by atoms with Crippen molar-refractivity contribution < 1.29 is 4.79 Å². The van der Waals surface area contributed by atoms with Gasteiger partial charge in [-0.2, -0.15) is 0 Å². The van der Waals surface area contributed by atoms with E-state index < -0.39 is 0 Å². The summed E-state index contributed by atoms with van der Waals surface area (Å²) < 4.78 is 1.87. The highest BCUT2D eigenvalue weighted by molar-refractivity contribution is 5.93. The predicted molar refractivity (Wildman–Crippen MR) is 77.5 cm³/mol. The summed E-state index contributed by atoms with van der Waals surface area (Å²) in [7, 11) is 0. The smallest absolute Gasteiger partial charge is 0.274 e. The highest BCUT2D eigenvalue weighted by Gasteiger charge is 2.30. The summed E-state index contributed by atoms with van der Waals surface area (Å²) in [6, 6.07) is 5.88. The first-order valence-corrected chi connectivity index (χ1v) is 7.14. The van der Waals surface area contributed by atoms with E-state index in [2.05, 4.69) is 11.9 Å². The number of aromatic nitrogens is 2. The van der Waals surface area contributed by atoms with Crippen molar-refractivity contribution in [2.45, 2.75) is 25.8 Å². The van der Waals surface area contributed by atoms with Crippen molar-refractivity contribution in [3.05, 3.63) is 36.3 Å². The molecule has 1 aliphatic rings. The van der Waals surface area contributed by atoms with E-state index in [9.17, 15) is 4.79 Å². The van der Waals surface area contributed by atoms with Gasteiger partial charge in [0.25, 0.3) is 5.91 Å². The van der Waals surface area contributed by atoms with Gasteiger partial charge in [0.15, 0.2) is 0 Å². The maximum Gasteiger partial charge on any atom is 0.274 e. The number of nitrogens with zero attached hydrogens (tertiary/aromatic N) is 3. The van der Waals surface area contributed by atoms with E-state index in [0.717, 1.165) is 25.0 Å². The standard InChI is InChI=1S/C15H20N4O/c1-11-5-7-19(12(8-11)9-16)15(20)13-10-18-6-3-2-4-14(18)17-13/h2-4,6,10-12H,5,7-9,16H2,1H3. The number of nitrogens with two attached hydrogens (primary N) is 1. The highest BCUT2D eigenvalue weighted by atomic mass is 16.2. The van der Waals surface area contributed by atoms with Crippen LogP contribution in [0.3, 0.4) is 0 Å². The average molecular weight is 272 g/mol. The molecule has 5 heteroatoms. The third kappa shape index (κ3) is 2.29. The van der Waals surface area contributed by atoms with E-state index in [1.165, 1.54) is 0 Å². The van der Waals surface area contributed by atoms with Crippen LogP contribution >= 0.6 is 0 Å². The molecule has 0 spiro atoms. The van der Waals surface area contributed by atoms with Crippen molar-refractivity contribution in [2.24, 2.45) is 11.7 Å². The van der Waals surface area contributed by atoms with Gasteiger partial charge in [0.2, 0.25) is 0 Å². The second-order valence-electron chi connectivity index (χ2n) is 5.61. The zero-order chi connectivity index (χ0) is 14.1. The molecular weight excluding hydrogens is 252 g/mol. The summed E-state index contributed by atoms with van der Waals surface area (Å²) in [4.78, 5) is 18.9. The molecule has 3 heterocycles. The minimum absolute atomic E-state index is 0.00366. The first-order chi connectivity index (χ1) is 9.69. The molecule has 2 aromatic heterocycles. The van der Waals surface area contributed by atoms with Gasteiger partial charge in [-0.1, -0.05) is 13.0 Å². The van der Waals surface area contributed by atoms with Crippen molar-refractivity contribution in [3.8, 4) is 0 Å². The van der Waals surface area contributed by atoms with Crippen molar-refractivity contribution in [1.29, 1.82) is 0 Å². The molecule has 0 saturated carbocycles. The quantitative estimate of drug-likeness (QED) is 0.902. The number of carbonyl (C=O) groups is 1. The average Bonchev–Trinajstić information content (AvgIpc) is 2.90. The van der Waals surface area contributed by atoms with Gasteiger partial charge in [0.05, 0.1) is 0 Å². The van der Waals surface area contributed by atoms with Crippen LogP contribution in [0.1, 0.15) is 30.3 Å². The Morgan fingerprint density at radius 3 is 3.10 bits per heavy atom. The molecule has 1 saturated heterocycles. The van der Waals surface area contributed by atoms with E-state index in [1.807, 2.05) is 33.7 Å². The fourth-order valence-corrected chi connectivity index (χ4v) is 2.93. The van der Waals surface area contributed by atoms with E-state index in [4.69, 9.17) is 5.73 Å². The molecule has 5 nitrogen and oxygen atoms in total. The van der Waals surface area contributed by atoms with Crippen molar-refractivity contribution >= 4 is 11.6 Å². The second kappa shape index (κ2) is 5.25. The molecule has 106 valence electrons. The van der Waals surface area contributed by atoms with E-state index in [0.29, 0.717) is 18.2 Å². The number of amides is 1. The van der Waals surface area contributed by atoms with E-state index >= 15 is 0 Å².